The maximum Gasteiger partial charge on any atom is 0.330 e. The Morgan fingerprint density at radius 2 is 1.44 bits per heavy atom. The SMILES string of the molecule is COc1cc(/C=C/C(=O)OCCCCCCCC/C=C/CCCCCCCC(=O)O)ccc1O. The summed E-state index contributed by atoms with van der Waals surface area (Å²) in [6.07, 6.45) is 22.2. The van der Waals surface area contributed by atoms with E-state index in [1.54, 1.807) is 18.2 Å². The number of ether oxygens (including phenoxy) is 2. The van der Waals surface area contributed by atoms with E-state index < -0.39 is 5.97 Å². The molecule has 1 aromatic rings. The summed E-state index contributed by atoms with van der Waals surface area (Å²) in [4.78, 5) is 22.2. The van der Waals surface area contributed by atoms with Crippen molar-refractivity contribution in [3.63, 3.8) is 0 Å². The smallest absolute Gasteiger partial charge is 0.330 e. The first-order chi connectivity index (χ1) is 16.5. The van der Waals surface area contributed by atoms with Gasteiger partial charge in [-0.3, -0.25) is 4.79 Å². The average Bonchev–Trinajstić information content (AvgIpc) is 2.82. The quantitative estimate of drug-likeness (QED) is 0.0909. The minimum Gasteiger partial charge on any atom is -0.504 e. The Morgan fingerprint density at radius 3 is 2.06 bits per heavy atom. The number of carbonyl (C=O) groups is 2. The first-order valence-electron chi connectivity index (χ1n) is 12.6. The van der Waals surface area contributed by atoms with Crippen LogP contribution in [0.25, 0.3) is 6.08 Å². The van der Waals surface area contributed by atoms with Crippen LogP contribution in [0.4, 0.5) is 0 Å². The molecule has 34 heavy (non-hydrogen) atoms. The molecule has 0 heterocycles. The van der Waals surface area contributed by atoms with Crippen molar-refractivity contribution >= 4 is 18.0 Å². The lowest BCUT2D eigenvalue weighted by molar-refractivity contribution is -0.138. The van der Waals surface area contributed by atoms with E-state index in [1.165, 1.54) is 51.4 Å². The van der Waals surface area contributed by atoms with Gasteiger partial charge >= 0.3 is 11.9 Å². The molecule has 0 amide bonds. The fourth-order valence-electron chi connectivity index (χ4n) is 3.56. The lowest BCUT2D eigenvalue weighted by Gasteiger charge is -2.04. The minimum absolute atomic E-state index is 0.0633. The fraction of sp³-hybridized carbons (Fsp3) is 0.571. The van der Waals surface area contributed by atoms with Gasteiger partial charge in [-0.05, 0) is 62.3 Å². The van der Waals surface area contributed by atoms with Crippen LogP contribution in [0.15, 0.2) is 36.4 Å². The van der Waals surface area contributed by atoms with E-state index in [-0.39, 0.29) is 11.7 Å². The molecule has 0 aliphatic heterocycles. The second-order valence-corrected chi connectivity index (χ2v) is 8.51. The van der Waals surface area contributed by atoms with Gasteiger partial charge in [-0.2, -0.15) is 0 Å². The molecule has 0 atom stereocenters. The maximum atomic E-state index is 11.8. The molecule has 0 aromatic heterocycles. The first-order valence-corrected chi connectivity index (χ1v) is 12.6. The van der Waals surface area contributed by atoms with Crippen LogP contribution < -0.4 is 4.74 Å². The van der Waals surface area contributed by atoms with E-state index >= 15 is 0 Å². The molecule has 0 aliphatic rings. The van der Waals surface area contributed by atoms with Gasteiger partial charge in [0.1, 0.15) is 0 Å². The van der Waals surface area contributed by atoms with Crippen molar-refractivity contribution in [2.75, 3.05) is 13.7 Å². The Kier molecular flexibility index (Phi) is 16.9. The van der Waals surface area contributed by atoms with Crippen molar-refractivity contribution in [3.8, 4) is 11.5 Å². The lowest BCUT2D eigenvalue weighted by Crippen LogP contribution is -2.02. The van der Waals surface area contributed by atoms with E-state index in [9.17, 15) is 14.7 Å². The van der Waals surface area contributed by atoms with Crippen LogP contribution in [0.3, 0.4) is 0 Å². The van der Waals surface area contributed by atoms with Gasteiger partial charge in [-0.15, -0.1) is 0 Å². The van der Waals surface area contributed by atoms with Crippen LogP contribution in [0.1, 0.15) is 95.5 Å². The third-order valence-electron chi connectivity index (χ3n) is 5.55. The van der Waals surface area contributed by atoms with Crippen molar-refractivity contribution in [2.24, 2.45) is 0 Å². The highest BCUT2D eigenvalue weighted by Crippen LogP contribution is 2.26. The van der Waals surface area contributed by atoms with Gasteiger partial charge in [0.15, 0.2) is 11.5 Å². The molecule has 0 spiro atoms. The van der Waals surface area contributed by atoms with Crippen molar-refractivity contribution < 1.29 is 29.3 Å². The molecule has 6 nitrogen and oxygen atoms in total. The third kappa shape index (κ3) is 15.9. The standard InChI is InChI=1S/C28H42O6/c1-33-26-23-24(18-20-25(26)29)19-21-28(32)34-22-16-14-12-10-8-6-4-2-3-5-7-9-11-13-15-17-27(30)31/h2-3,18-21,23,29H,4-17,22H2,1H3,(H,30,31)/b3-2+,21-19+. The summed E-state index contributed by atoms with van der Waals surface area (Å²) in [5.74, 6) is -0.627. The normalized spacial score (nSPS) is 11.3. The topological polar surface area (TPSA) is 93.1 Å². The number of hydrogen-bond donors (Lipinski definition) is 2. The Bertz CT molecular complexity index is 753. The molecule has 0 fully saturated rings. The monoisotopic (exact) mass is 474 g/mol. The number of methoxy groups -OCH3 is 1. The number of phenolic OH excluding ortho intramolecular Hbond substituents is 1. The first kappa shape index (κ1) is 29.3. The zero-order chi connectivity index (χ0) is 24.9. The molecule has 190 valence electrons. The molecular weight excluding hydrogens is 432 g/mol. The van der Waals surface area contributed by atoms with Crippen LogP contribution in [-0.2, 0) is 14.3 Å². The van der Waals surface area contributed by atoms with Crippen LogP contribution >= 0.6 is 0 Å². The Balaban J connectivity index is 1.90. The van der Waals surface area contributed by atoms with E-state index in [0.29, 0.717) is 18.8 Å². The number of carboxylic acid groups (broad SMARTS) is 1. The number of benzene rings is 1. The van der Waals surface area contributed by atoms with Gasteiger partial charge < -0.3 is 19.7 Å². The second-order valence-electron chi connectivity index (χ2n) is 8.51. The predicted octanol–water partition coefficient (Wildman–Crippen LogP) is 7.06. The number of aromatic hydroxyl groups is 1. The molecular formula is C28H42O6. The van der Waals surface area contributed by atoms with Crippen LogP contribution in [0, 0.1) is 0 Å². The number of aliphatic carboxylic acids is 1. The number of unbranched alkanes of at least 4 members (excludes halogenated alkanes) is 11. The highest BCUT2D eigenvalue weighted by atomic mass is 16.5. The number of phenols is 1. The molecule has 6 heteroatoms. The van der Waals surface area contributed by atoms with Gasteiger partial charge in [-0.25, -0.2) is 4.79 Å². The Labute approximate surface area is 204 Å². The molecule has 0 unspecified atom stereocenters. The number of allylic oxidation sites excluding steroid dienone is 2. The van der Waals surface area contributed by atoms with Crippen LogP contribution in [0.2, 0.25) is 0 Å². The van der Waals surface area contributed by atoms with Gasteiger partial charge in [-0.1, -0.05) is 63.2 Å². The highest BCUT2D eigenvalue weighted by Gasteiger charge is 2.02. The van der Waals surface area contributed by atoms with E-state index in [1.807, 2.05) is 0 Å². The van der Waals surface area contributed by atoms with Gasteiger partial charge in [0.25, 0.3) is 0 Å². The summed E-state index contributed by atoms with van der Waals surface area (Å²) in [6.45, 7) is 0.435. The van der Waals surface area contributed by atoms with Crippen LogP contribution in [0.5, 0.6) is 11.5 Å². The van der Waals surface area contributed by atoms with Gasteiger partial charge in [0.05, 0.1) is 13.7 Å². The summed E-state index contributed by atoms with van der Waals surface area (Å²) in [5.41, 5.74) is 0.756. The van der Waals surface area contributed by atoms with Crippen molar-refractivity contribution in [3.05, 3.63) is 42.0 Å². The molecule has 2 N–H and O–H groups in total. The van der Waals surface area contributed by atoms with E-state index in [2.05, 4.69) is 12.2 Å². The summed E-state index contributed by atoms with van der Waals surface area (Å²) in [5, 5.41) is 18.2. The average molecular weight is 475 g/mol. The lowest BCUT2D eigenvalue weighted by atomic mass is 10.1. The number of hydrogen-bond acceptors (Lipinski definition) is 5. The maximum absolute atomic E-state index is 11.8. The van der Waals surface area contributed by atoms with Gasteiger partial charge in [0, 0.05) is 12.5 Å². The molecule has 1 rings (SSSR count). The third-order valence-corrected chi connectivity index (χ3v) is 5.55. The Hall–Kier alpha value is -2.76. The van der Waals surface area contributed by atoms with Crippen LogP contribution in [-0.4, -0.2) is 35.9 Å². The molecule has 0 saturated carbocycles. The number of esters is 1. The molecule has 0 saturated heterocycles. The van der Waals surface area contributed by atoms with Gasteiger partial charge in [0.2, 0.25) is 0 Å². The summed E-state index contributed by atoms with van der Waals surface area (Å²) >= 11 is 0. The Morgan fingerprint density at radius 1 is 0.853 bits per heavy atom. The second kappa shape index (κ2) is 19.7. The van der Waals surface area contributed by atoms with E-state index in [0.717, 1.165) is 56.9 Å². The number of carboxylic acids is 1. The van der Waals surface area contributed by atoms with Crippen molar-refractivity contribution in [2.45, 2.75) is 89.9 Å². The number of carbonyl (C=O) groups excluding carboxylic acids is 1. The molecule has 1 aromatic carbocycles. The van der Waals surface area contributed by atoms with Crippen molar-refractivity contribution in [1.29, 1.82) is 0 Å². The molecule has 0 aliphatic carbocycles. The molecule has 0 radical (unpaired) electrons. The zero-order valence-corrected chi connectivity index (χ0v) is 20.7. The van der Waals surface area contributed by atoms with E-state index in [4.69, 9.17) is 14.6 Å². The highest BCUT2D eigenvalue weighted by molar-refractivity contribution is 5.87. The molecule has 0 bridgehead atoms. The summed E-state index contributed by atoms with van der Waals surface area (Å²) in [6, 6.07) is 4.88. The zero-order valence-electron chi connectivity index (χ0n) is 20.7. The largest absolute Gasteiger partial charge is 0.504 e. The summed E-state index contributed by atoms with van der Waals surface area (Å²) in [7, 11) is 1.48. The number of rotatable bonds is 20. The minimum atomic E-state index is -0.692. The predicted molar refractivity (Wildman–Crippen MR) is 136 cm³/mol. The fourth-order valence-corrected chi connectivity index (χ4v) is 3.56. The van der Waals surface area contributed by atoms with Crippen molar-refractivity contribution in [1.82, 2.24) is 0 Å². The summed E-state index contributed by atoms with van der Waals surface area (Å²) < 4.78 is 10.3.